The number of rotatable bonds is 5. The molecule has 2 aromatic carbocycles. The van der Waals surface area contributed by atoms with Gasteiger partial charge in [0.15, 0.2) is 0 Å². The topological polar surface area (TPSA) is 58.6 Å². The minimum atomic E-state index is -0.360. The quantitative estimate of drug-likeness (QED) is 0.823. The summed E-state index contributed by atoms with van der Waals surface area (Å²) in [5, 5.41) is 5.21. The second-order valence-corrected chi connectivity index (χ2v) is 8.42. The van der Waals surface area contributed by atoms with Gasteiger partial charge in [-0.15, -0.1) is 11.8 Å². The van der Waals surface area contributed by atoms with E-state index in [2.05, 4.69) is 18.3 Å². The van der Waals surface area contributed by atoms with Crippen molar-refractivity contribution in [3.8, 4) is 5.75 Å². The van der Waals surface area contributed by atoms with E-state index in [0.717, 1.165) is 17.6 Å². The molecule has 2 amide bonds. The van der Waals surface area contributed by atoms with Gasteiger partial charge in [0.2, 0.25) is 11.8 Å². The van der Waals surface area contributed by atoms with E-state index in [9.17, 15) is 9.59 Å². The summed E-state index contributed by atoms with van der Waals surface area (Å²) in [6.45, 7) is 2.87. The van der Waals surface area contributed by atoms with Crippen LogP contribution in [0, 0.1) is 0 Å². The maximum absolute atomic E-state index is 12.5. The lowest BCUT2D eigenvalue weighted by atomic mass is 10.1. The number of hydrogen-bond acceptors (Lipinski definition) is 4. The van der Waals surface area contributed by atoms with Gasteiger partial charge in [-0.05, 0) is 36.2 Å². The van der Waals surface area contributed by atoms with Crippen molar-refractivity contribution in [2.75, 3.05) is 18.9 Å². The summed E-state index contributed by atoms with van der Waals surface area (Å²) in [7, 11) is 0. The SMILES string of the molecule is CC12CCC(=O)N1C(C(=O)NCCOc1ccc3ccccc3c1)CS2. The van der Waals surface area contributed by atoms with Crippen molar-refractivity contribution in [1.82, 2.24) is 10.2 Å². The predicted molar refractivity (Wildman–Crippen MR) is 103 cm³/mol. The van der Waals surface area contributed by atoms with E-state index < -0.39 is 0 Å². The first kappa shape index (κ1) is 17.2. The Morgan fingerprint density at radius 1 is 1.31 bits per heavy atom. The number of hydrogen-bond donors (Lipinski definition) is 1. The summed E-state index contributed by atoms with van der Waals surface area (Å²) in [6.07, 6.45) is 1.36. The van der Waals surface area contributed by atoms with Crippen molar-refractivity contribution in [1.29, 1.82) is 0 Å². The van der Waals surface area contributed by atoms with Crippen molar-refractivity contribution < 1.29 is 14.3 Å². The second-order valence-electron chi connectivity index (χ2n) is 6.91. The summed E-state index contributed by atoms with van der Waals surface area (Å²) in [5.41, 5.74) is 0. The number of carbonyl (C=O) groups is 2. The third kappa shape index (κ3) is 3.14. The largest absolute Gasteiger partial charge is 0.492 e. The van der Waals surface area contributed by atoms with Gasteiger partial charge in [0.25, 0.3) is 0 Å². The Morgan fingerprint density at radius 3 is 2.96 bits per heavy atom. The normalized spacial score (nSPS) is 24.7. The van der Waals surface area contributed by atoms with Gasteiger partial charge in [-0.25, -0.2) is 0 Å². The van der Waals surface area contributed by atoms with Gasteiger partial charge >= 0.3 is 0 Å². The van der Waals surface area contributed by atoms with Crippen molar-refractivity contribution in [2.45, 2.75) is 30.7 Å². The molecule has 0 spiro atoms. The molecule has 2 heterocycles. The van der Waals surface area contributed by atoms with Crippen LogP contribution in [-0.2, 0) is 9.59 Å². The lowest BCUT2D eigenvalue weighted by molar-refractivity contribution is -0.137. The van der Waals surface area contributed by atoms with Crippen LogP contribution in [0.2, 0.25) is 0 Å². The van der Waals surface area contributed by atoms with E-state index >= 15 is 0 Å². The van der Waals surface area contributed by atoms with Gasteiger partial charge in [-0.1, -0.05) is 30.3 Å². The molecule has 0 aromatic heterocycles. The molecular formula is C20H22N2O3S. The molecule has 136 valence electrons. The minimum Gasteiger partial charge on any atom is -0.492 e. The van der Waals surface area contributed by atoms with Crippen LogP contribution in [0.25, 0.3) is 10.8 Å². The Balaban J connectivity index is 1.29. The lowest BCUT2D eigenvalue weighted by Crippen LogP contribution is -2.50. The summed E-state index contributed by atoms with van der Waals surface area (Å²) >= 11 is 1.71. The molecule has 6 heteroatoms. The molecule has 2 fully saturated rings. The van der Waals surface area contributed by atoms with Crippen LogP contribution in [0.15, 0.2) is 42.5 Å². The lowest BCUT2D eigenvalue weighted by Gasteiger charge is -2.29. The van der Waals surface area contributed by atoms with Gasteiger partial charge in [0.05, 0.1) is 11.4 Å². The molecule has 2 aromatic rings. The van der Waals surface area contributed by atoms with Gasteiger partial charge in [-0.2, -0.15) is 0 Å². The Labute approximate surface area is 157 Å². The number of fused-ring (bicyclic) bond motifs is 2. The Kier molecular flexibility index (Phi) is 4.53. The highest BCUT2D eigenvalue weighted by Crippen LogP contribution is 2.47. The molecular weight excluding hydrogens is 348 g/mol. The van der Waals surface area contributed by atoms with Crippen LogP contribution in [0.3, 0.4) is 0 Å². The summed E-state index contributed by atoms with van der Waals surface area (Å²) in [5.74, 6) is 1.46. The third-order valence-corrected chi connectivity index (χ3v) is 6.64. The highest BCUT2D eigenvalue weighted by Gasteiger charge is 2.52. The molecule has 2 saturated heterocycles. The number of nitrogens with one attached hydrogen (secondary N) is 1. The maximum atomic E-state index is 12.5. The first-order valence-corrected chi connectivity index (χ1v) is 9.91. The number of amides is 2. The smallest absolute Gasteiger partial charge is 0.243 e. The Morgan fingerprint density at radius 2 is 2.12 bits per heavy atom. The zero-order chi connectivity index (χ0) is 18.1. The molecule has 2 atom stereocenters. The monoisotopic (exact) mass is 370 g/mol. The average Bonchev–Trinajstić information content (AvgIpc) is 3.14. The van der Waals surface area contributed by atoms with Crippen molar-refractivity contribution in [3.63, 3.8) is 0 Å². The third-order valence-electron chi connectivity index (χ3n) is 5.14. The van der Waals surface area contributed by atoms with Crippen LogP contribution >= 0.6 is 11.8 Å². The minimum absolute atomic E-state index is 0.0846. The first-order chi connectivity index (χ1) is 12.6. The second kappa shape index (κ2) is 6.83. The molecule has 26 heavy (non-hydrogen) atoms. The van der Waals surface area contributed by atoms with Crippen LogP contribution in [-0.4, -0.2) is 46.5 Å². The number of benzene rings is 2. The molecule has 0 aliphatic carbocycles. The number of ether oxygens (including phenoxy) is 1. The van der Waals surface area contributed by atoms with Crippen molar-refractivity contribution >= 4 is 34.3 Å². The molecule has 0 radical (unpaired) electrons. The Hall–Kier alpha value is -2.21. The summed E-state index contributed by atoms with van der Waals surface area (Å²) < 4.78 is 5.75. The number of nitrogens with zero attached hydrogens (tertiary/aromatic N) is 1. The van der Waals surface area contributed by atoms with E-state index in [1.807, 2.05) is 36.4 Å². The fraction of sp³-hybridized carbons (Fsp3) is 0.400. The van der Waals surface area contributed by atoms with Crippen LogP contribution < -0.4 is 10.1 Å². The molecule has 2 unspecified atom stereocenters. The Bertz CT molecular complexity index is 856. The van der Waals surface area contributed by atoms with E-state index in [4.69, 9.17) is 4.74 Å². The highest BCUT2D eigenvalue weighted by molar-refractivity contribution is 8.01. The average molecular weight is 370 g/mol. The van der Waals surface area contributed by atoms with Crippen molar-refractivity contribution in [3.05, 3.63) is 42.5 Å². The fourth-order valence-electron chi connectivity index (χ4n) is 3.73. The van der Waals surface area contributed by atoms with Crippen LogP contribution in [0.1, 0.15) is 19.8 Å². The van der Waals surface area contributed by atoms with E-state index in [0.29, 0.717) is 25.3 Å². The van der Waals surface area contributed by atoms with Crippen LogP contribution in [0.5, 0.6) is 5.75 Å². The number of thioether (sulfide) groups is 1. The van der Waals surface area contributed by atoms with Gasteiger partial charge in [-0.3, -0.25) is 9.59 Å². The highest BCUT2D eigenvalue weighted by atomic mass is 32.2. The molecule has 2 aliphatic rings. The van der Waals surface area contributed by atoms with Gasteiger partial charge < -0.3 is 15.0 Å². The van der Waals surface area contributed by atoms with Gasteiger partial charge in [0, 0.05) is 12.2 Å². The summed E-state index contributed by atoms with van der Waals surface area (Å²) in [4.78, 5) is 26.2. The number of carbonyl (C=O) groups excluding carboxylic acids is 2. The fourth-order valence-corrected chi connectivity index (χ4v) is 5.16. The first-order valence-electron chi connectivity index (χ1n) is 8.92. The van der Waals surface area contributed by atoms with E-state index in [1.165, 1.54) is 5.39 Å². The molecule has 2 aliphatic heterocycles. The zero-order valence-electron chi connectivity index (χ0n) is 14.7. The molecule has 5 nitrogen and oxygen atoms in total. The molecule has 0 saturated carbocycles. The maximum Gasteiger partial charge on any atom is 0.243 e. The molecule has 0 bridgehead atoms. The predicted octanol–water partition coefficient (Wildman–Crippen LogP) is 2.79. The standard InChI is InChI=1S/C20H22N2O3S/c1-20-9-8-18(23)22(20)17(13-26-20)19(24)21-10-11-25-16-7-6-14-4-2-3-5-15(14)12-16/h2-7,12,17H,8-11,13H2,1H3,(H,21,24). The molecule has 4 rings (SSSR count). The van der Waals surface area contributed by atoms with Crippen LogP contribution in [0.4, 0.5) is 0 Å². The molecule has 1 N–H and O–H groups in total. The summed E-state index contributed by atoms with van der Waals surface area (Å²) in [6, 6.07) is 13.7. The van der Waals surface area contributed by atoms with Crippen molar-refractivity contribution in [2.24, 2.45) is 0 Å². The zero-order valence-corrected chi connectivity index (χ0v) is 15.6. The van der Waals surface area contributed by atoms with E-state index in [1.54, 1.807) is 16.7 Å². The van der Waals surface area contributed by atoms with E-state index in [-0.39, 0.29) is 22.7 Å². The van der Waals surface area contributed by atoms with Gasteiger partial charge in [0.1, 0.15) is 18.4 Å².